The second-order valence-corrected chi connectivity index (χ2v) is 6.26. The van der Waals surface area contributed by atoms with E-state index in [4.69, 9.17) is 5.21 Å². The van der Waals surface area contributed by atoms with Gasteiger partial charge in [-0.15, -0.1) is 24.8 Å². The summed E-state index contributed by atoms with van der Waals surface area (Å²) >= 11 is 0. The molecule has 1 aromatic heterocycles. The first-order valence-electron chi connectivity index (χ1n) is 8.44. The van der Waals surface area contributed by atoms with Crippen LogP contribution in [0.15, 0.2) is 48.7 Å². The topological polar surface area (TPSA) is 77.5 Å². The Bertz CT molecular complexity index is 793. The van der Waals surface area contributed by atoms with Crippen molar-refractivity contribution in [1.29, 1.82) is 0 Å². The second-order valence-electron chi connectivity index (χ2n) is 6.26. The van der Waals surface area contributed by atoms with Gasteiger partial charge < -0.3 is 5.32 Å². The van der Waals surface area contributed by atoms with E-state index >= 15 is 0 Å². The number of nitrogens with zero attached hydrogens (tertiary/aromatic N) is 2. The molecule has 2 aromatic rings. The summed E-state index contributed by atoms with van der Waals surface area (Å²) in [6.07, 6.45) is 4.88. The molecule has 1 aliphatic heterocycles. The fourth-order valence-electron chi connectivity index (χ4n) is 2.99. The average Bonchev–Trinajstić information content (AvgIpc) is 3.09. The van der Waals surface area contributed by atoms with Crippen LogP contribution in [0.4, 0.5) is 10.2 Å². The number of likely N-dealkylation sites (tertiary alicyclic amines) is 1. The Morgan fingerprint density at radius 2 is 2.07 bits per heavy atom. The lowest BCUT2D eigenvalue weighted by atomic mass is 10.2. The van der Waals surface area contributed by atoms with E-state index in [-0.39, 0.29) is 36.7 Å². The van der Waals surface area contributed by atoms with Gasteiger partial charge in [-0.25, -0.2) is 14.9 Å². The van der Waals surface area contributed by atoms with Crippen LogP contribution in [0, 0.1) is 5.82 Å². The van der Waals surface area contributed by atoms with Gasteiger partial charge in [0, 0.05) is 37.9 Å². The van der Waals surface area contributed by atoms with Gasteiger partial charge >= 0.3 is 0 Å². The number of rotatable bonds is 6. The molecule has 1 aromatic carbocycles. The molecular formula is C19H23Cl2FN4O2. The van der Waals surface area contributed by atoms with Crippen molar-refractivity contribution >= 4 is 42.6 Å². The number of pyridine rings is 1. The first kappa shape index (κ1) is 23.8. The summed E-state index contributed by atoms with van der Waals surface area (Å²) < 4.78 is 14.2. The lowest BCUT2D eigenvalue weighted by Gasteiger charge is -2.17. The van der Waals surface area contributed by atoms with Gasteiger partial charge in [-0.1, -0.05) is 30.3 Å². The second kappa shape index (κ2) is 11.6. The van der Waals surface area contributed by atoms with Gasteiger partial charge in [0.1, 0.15) is 0 Å². The zero-order chi connectivity index (χ0) is 18.4. The number of anilines is 1. The highest BCUT2D eigenvalue weighted by atomic mass is 35.5. The van der Waals surface area contributed by atoms with Crippen molar-refractivity contribution in [2.75, 3.05) is 18.4 Å². The predicted molar refractivity (Wildman–Crippen MR) is 111 cm³/mol. The van der Waals surface area contributed by atoms with Gasteiger partial charge in [-0.05, 0) is 29.7 Å². The molecule has 1 aliphatic rings. The van der Waals surface area contributed by atoms with Gasteiger partial charge in [-0.3, -0.25) is 14.9 Å². The van der Waals surface area contributed by atoms with Crippen molar-refractivity contribution in [2.45, 2.75) is 19.0 Å². The van der Waals surface area contributed by atoms with Crippen LogP contribution < -0.4 is 10.8 Å². The molecule has 0 spiro atoms. The van der Waals surface area contributed by atoms with Crippen LogP contribution in [-0.2, 0) is 11.3 Å². The third kappa shape index (κ3) is 6.76. The molecule has 1 saturated heterocycles. The Morgan fingerprint density at radius 3 is 2.75 bits per heavy atom. The molecule has 1 amide bonds. The van der Waals surface area contributed by atoms with Gasteiger partial charge in [0.15, 0.2) is 11.6 Å². The third-order valence-corrected chi connectivity index (χ3v) is 4.26. The largest absolute Gasteiger partial charge is 0.364 e. The summed E-state index contributed by atoms with van der Waals surface area (Å²) in [5.74, 6) is -0.949. The highest BCUT2D eigenvalue weighted by Gasteiger charge is 2.23. The smallest absolute Gasteiger partial charge is 0.267 e. The minimum atomic E-state index is -0.683. The molecule has 3 rings (SSSR count). The van der Waals surface area contributed by atoms with Crippen molar-refractivity contribution in [3.63, 3.8) is 0 Å². The molecular weight excluding hydrogens is 406 g/mol. The van der Waals surface area contributed by atoms with Gasteiger partial charge in [-0.2, -0.15) is 0 Å². The number of aromatic nitrogens is 1. The number of hydrogen-bond donors (Lipinski definition) is 3. The summed E-state index contributed by atoms with van der Waals surface area (Å²) in [6.45, 7) is 2.66. The number of amides is 1. The molecule has 0 bridgehead atoms. The Morgan fingerprint density at radius 1 is 1.32 bits per heavy atom. The normalized spacial score (nSPS) is 16.3. The minimum absolute atomic E-state index is 0. The van der Waals surface area contributed by atoms with Crippen molar-refractivity contribution in [2.24, 2.45) is 0 Å². The predicted octanol–water partition coefficient (Wildman–Crippen LogP) is 3.27. The van der Waals surface area contributed by atoms with E-state index in [1.807, 2.05) is 18.2 Å². The van der Waals surface area contributed by atoms with E-state index in [1.54, 1.807) is 0 Å². The molecule has 1 fully saturated rings. The number of nitrogens with one attached hydrogen (secondary N) is 2. The monoisotopic (exact) mass is 428 g/mol. The van der Waals surface area contributed by atoms with Gasteiger partial charge in [0.25, 0.3) is 5.91 Å². The lowest BCUT2D eigenvalue weighted by Crippen LogP contribution is -2.26. The van der Waals surface area contributed by atoms with Crippen LogP contribution in [0.3, 0.4) is 0 Å². The van der Waals surface area contributed by atoms with E-state index in [0.29, 0.717) is 5.56 Å². The quantitative estimate of drug-likeness (QED) is 0.373. The van der Waals surface area contributed by atoms with Crippen LogP contribution in [0.5, 0.6) is 0 Å². The number of halogens is 3. The molecule has 28 heavy (non-hydrogen) atoms. The molecule has 3 N–H and O–H groups in total. The van der Waals surface area contributed by atoms with Gasteiger partial charge in [0.2, 0.25) is 0 Å². The Hall–Kier alpha value is -2.19. The van der Waals surface area contributed by atoms with E-state index in [0.717, 1.165) is 32.1 Å². The van der Waals surface area contributed by atoms with Crippen molar-refractivity contribution in [3.8, 4) is 0 Å². The molecule has 0 aliphatic carbocycles. The van der Waals surface area contributed by atoms with Crippen LogP contribution in [0.1, 0.15) is 17.5 Å². The van der Waals surface area contributed by atoms with E-state index in [2.05, 4.69) is 27.3 Å². The highest BCUT2D eigenvalue weighted by Crippen LogP contribution is 2.19. The standard InChI is InChI=1S/C19H21FN4O2.2ClH/c20-17-10-15(6-7-18(25)23-26)11-21-19(17)22-16-8-9-24(13-16)12-14-4-2-1-3-5-14;;/h1-7,10-11,16,26H,8-9,12-13H2,(H,21,22)(H,23,25);2*1H/t16-;;/m1../s1. The molecule has 2 heterocycles. The van der Waals surface area contributed by atoms with Crippen molar-refractivity contribution < 1.29 is 14.4 Å². The maximum absolute atomic E-state index is 14.2. The molecule has 0 unspecified atom stereocenters. The maximum Gasteiger partial charge on any atom is 0.267 e. The van der Waals surface area contributed by atoms with Crippen LogP contribution in [0.25, 0.3) is 6.08 Å². The van der Waals surface area contributed by atoms with Crippen LogP contribution in [-0.4, -0.2) is 40.1 Å². The summed E-state index contributed by atoms with van der Waals surface area (Å²) in [7, 11) is 0. The third-order valence-electron chi connectivity index (χ3n) is 4.26. The SMILES string of the molecule is Cl.Cl.O=C(C=Cc1cnc(N[C@@H]2CCN(Cc3ccccc3)C2)c(F)c1)NO. The maximum atomic E-state index is 14.2. The first-order chi connectivity index (χ1) is 12.6. The molecule has 6 nitrogen and oxygen atoms in total. The van der Waals surface area contributed by atoms with Crippen molar-refractivity contribution in [3.05, 3.63) is 65.6 Å². The number of carbonyl (C=O) groups is 1. The number of benzene rings is 1. The summed E-state index contributed by atoms with van der Waals surface area (Å²) in [4.78, 5) is 17.4. The number of carbonyl (C=O) groups excluding carboxylic acids is 1. The van der Waals surface area contributed by atoms with Crippen LogP contribution in [0.2, 0.25) is 0 Å². The lowest BCUT2D eigenvalue weighted by molar-refractivity contribution is -0.124. The fraction of sp³-hybridized carbons (Fsp3) is 0.263. The Kier molecular flexibility index (Phi) is 9.89. The average molecular weight is 429 g/mol. The minimum Gasteiger partial charge on any atom is -0.364 e. The van der Waals surface area contributed by atoms with E-state index < -0.39 is 11.7 Å². The number of hydrogen-bond acceptors (Lipinski definition) is 5. The highest BCUT2D eigenvalue weighted by molar-refractivity contribution is 5.90. The molecule has 9 heteroatoms. The molecule has 0 saturated carbocycles. The number of hydroxylamine groups is 1. The van der Waals surface area contributed by atoms with E-state index in [9.17, 15) is 9.18 Å². The van der Waals surface area contributed by atoms with Crippen LogP contribution >= 0.6 is 24.8 Å². The molecule has 152 valence electrons. The zero-order valence-corrected chi connectivity index (χ0v) is 16.7. The van der Waals surface area contributed by atoms with Gasteiger partial charge in [0.05, 0.1) is 0 Å². The Balaban J connectivity index is 0.00000196. The van der Waals surface area contributed by atoms with Crippen molar-refractivity contribution in [1.82, 2.24) is 15.4 Å². The summed E-state index contributed by atoms with van der Waals surface area (Å²) in [5.41, 5.74) is 3.18. The summed E-state index contributed by atoms with van der Waals surface area (Å²) in [5, 5.41) is 11.6. The molecule has 0 radical (unpaired) electrons. The Labute approximate surface area is 175 Å². The molecule has 1 atom stereocenters. The summed E-state index contributed by atoms with van der Waals surface area (Å²) in [6, 6.07) is 11.7. The zero-order valence-electron chi connectivity index (χ0n) is 15.0. The fourth-order valence-corrected chi connectivity index (χ4v) is 2.99. The first-order valence-corrected chi connectivity index (χ1v) is 8.44. The van der Waals surface area contributed by atoms with E-state index in [1.165, 1.54) is 29.4 Å².